The summed E-state index contributed by atoms with van der Waals surface area (Å²) in [5, 5.41) is 0. The lowest BCUT2D eigenvalue weighted by Crippen LogP contribution is -2.19. The first-order valence-electron chi connectivity index (χ1n) is 6.68. The zero-order valence-corrected chi connectivity index (χ0v) is 11.3. The molecule has 0 aliphatic carbocycles. The van der Waals surface area contributed by atoms with Crippen LogP contribution in [0.2, 0.25) is 0 Å². The number of likely N-dealkylation sites (tertiary alicyclic amines) is 1. The molecule has 100 valence electrons. The Kier molecular flexibility index (Phi) is 5.00. The lowest BCUT2D eigenvalue weighted by molar-refractivity contribution is -0.144. The third-order valence-corrected chi connectivity index (χ3v) is 3.12. The number of esters is 1. The van der Waals surface area contributed by atoms with Gasteiger partial charge in [-0.15, -0.1) is 0 Å². The molecule has 0 saturated carbocycles. The highest BCUT2D eigenvalue weighted by molar-refractivity contribution is 5.66. The molecule has 1 aromatic carbocycles. The predicted octanol–water partition coefficient (Wildman–Crippen LogP) is 2.39. The first kappa shape index (κ1) is 13.6. The van der Waals surface area contributed by atoms with Gasteiger partial charge in [0.05, 0.1) is 6.54 Å². The number of nitrogens with zero attached hydrogens (tertiary/aromatic N) is 1. The van der Waals surface area contributed by atoms with Crippen molar-refractivity contribution in [1.82, 2.24) is 4.90 Å². The van der Waals surface area contributed by atoms with Gasteiger partial charge >= 0.3 is 5.97 Å². The largest absolute Gasteiger partial charge is 0.444 e. The average molecular weight is 257 g/mol. The van der Waals surface area contributed by atoms with Gasteiger partial charge in [0.1, 0.15) is 0 Å². The molecule has 1 fully saturated rings. The van der Waals surface area contributed by atoms with E-state index in [1.807, 2.05) is 30.3 Å². The molecular weight excluding hydrogens is 238 g/mol. The van der Waals surface area contributed by atoms with Crippen LogP contribution in [-0.2, 0) is 9.53 Å². The Balaban J connectivity index is 2.01. The van der Waals surface area contributed by atoms with Gasteiger partial charge < -0.3 is 4.74 Å². The molecule has 1 aliphatic heterocycles. The second-order valence-corrected chi connectivity index (χ2v) is 4.70. The van der Waals surface area contributed by atoms with Crippen LogP contribution in [0.15, 0.2) is 30.3 Å². The number of carbonyl (C=O) groups excluding carboxylic acids is 1. The topological polar surface area (TPSA) is 29.5 Å². The van der Waals surface area contributed by atoms with Gasteiger partial charge in [0.15, 0.2) is 6.10 Å². The summed E-state index contributed by atoms with van der Waals surface area (Å²) in [5.74, 6) is 5.89. The highest BCUT2D eigenvalue weighted by atomic mass is 16.5. The number of carbonyl (C=O) groups is 1. The smallest absolute Gasteiger partial charge is 0.304 e. The van der Waals surface area contributed by atoms with E-state index in [9.17, 15) is 4.79 Å². The fraction of sp³-hybridized carbons (Fsp3) is 0.438. The number of benzene rings is 1. The molecule has 1 atom stereocenters. The van der Waals surface area contributed by atoms with E-state index in [0.717, 1.165) is 25.2 Å². The minimum Gasteiger partial charge on any atom is -0.444 e. The maximum atomic E-state index is 11.1. The minimum absolute atomic E-state index is 0.302. The molecule has 1 unspecified atom stereocenters. The van der Waals surface area contributed by atoms with Crippen LogP contribution in [0.4, 0.5) is 0 Å². The predicted molar refractivity (Wildman–Crippen MR) is 74.4 cm³/mol. The van der Waals surface area contributed by atoms with Crippen molar-refractivity contribution < 1.29 is 9.53 Å². The number of ether oxygens (including phenoxy) is 1. The summed E-state index contributed by atoms with van der Waals surface area (Å²) in [6.45, 7) is 4.42. The summed E-state index contributed by atoms with van der Waals surface area (Å²) < 4.78 is 5.27. The molecule has 0 bridgehead atoms. The van der Waals surface area contributed by atoms with E-state index in [1.165, 1.54) is 19.8 Å². The van der Waals surface area contributed by atoms with Gasteiger partial charge in [0, 0.05) is 12.5 Å². The van der Waals surface area contributed by atoms with Gasteiger partial charge in [-0.05, 0) is 25.9 Å². The van der Waals surface area contributed by atoms with E-state index in [1.54, 1.807) is 0 Å². The van der Waals surface area contributed by atoms with E-state index in [-0.39, 0.29) is 5.97 Å². The average Bonchev–Trinajstić information content (AvgIpc) is 2.91. The van der Waals surface area contributed by atoms with Crippen LogP contribution in [0.1, 0.15) is 31.4 Å². The van der Waals surface area contributed by atoms with Crippen molar-refractivity contribution in [1.29, 1.82) is 0 Å². The van der Waals surface area contributed by atoms with Crippen molar-refractivity contribution in [2.75, 3.05) is 19.6 Å². The molecule has 1 saturated heterocycles. The van der Waals surface area contributed by atoms with E-state index >= 15 is 0 Å². The van der Waals surface area contributed by atoms with Crippen LogP contribution in [-0.4, -0.2) is 30.5 Å². The van der Waals surface area contributed by atoms with Crippen LogP contribution >= 0.6 is 0 Å². The lowest BCUT2D eigenvalue weighted by Gasteiger charge is -2.12. The van der Waals surface area contributed by atoms with Crippen molar-refractivity contribution >= 4 is 5.97 Å². The first-order valence-corrected chi connectivity index (χ1v) is 6.68. The van der Waals surface area contributed by atoms with Crippen LogP contribution in [0.25, 0.3) is 0 Å². The van der Waals surface area contributed by atoms with Gasteiger partial charge in [-0.3, -0.25) is 9.69 Å². The summed E-state index contributed by atoms with van der Waals surface area (Å²) in [6.07, 6.45) is 2.06. The van der Waals surface area contributed by atoms with Crippen molar-refractivity contribution in [3.63, 3.8) is 0 Å². The third kappa shape index (κ3) is 4.42. The van der Waals surface area contributed by atoms with Gasteiger partial charge in [-0.1, -0.05) is 42.2 Å². The minimum atomic E-state index is -0.457. The van der Waals surface area contributed by atoms with Crippen molar-refractivity contribution in [3.8, 4) is 11.8 Å². The normalized spacial score (nSPS) is 16.5. The second-order valence-electron chi connectivity index (χ2n) is 4.70. The Bertz CT molecular complexity index is 467. The molecule has 1 heterocycles. The van der Waals surface area contributed by atoms with E-state index in [2.05, 4.69) is 16.7 Å². The standard InChI is InChI=1S/C16H19NO2/c1-14(18)19-16(15-8-3-2-4-9-15)10-7-13-17-11-5-6-12-17/h2-4,8-9,16H,5-6,11-13H2,1H3. The summed E-state index contributed by atoms with van der Waals surface area (Å²) in [7, 11) is 0. The van der Waals surface area contributed by atoms with Gasteiger partial charge in [0.25, 0.3) is 0 Å². The lowest BCUT2D eigenvalue weighted by atomic mass is 10.1. The summed E-state index contributed by atoms with van der Waals surface area (Å²) in [6, 6.07) is 9.64. The molecule has 0 aromatic heterocycles. The summed E-state index contributed by atoms with van der Waals surface area (Å²) in [4.78, 5) is 13.5. The van der Waals surface area contributed by atoms with E-state index in [0.29, 0.717) is 0 Å². The Labute approximate surface area is 114 Å². The number of rotatable bonds is 3. The fourth-order valence-electron chi connectivity index (χ4n) is 2.17. The van der Waals surface area contributed by atoms with E-state index < -0.39 is 6.10 Å². The van der Waals surface area contributed by atoms with Crippen molar-refractivity contribution in [3.05, 3.63) is 35.9 Å². The molecule has 0 N–H and O–H groups in total. The molecule has 0 radical (unpaired) electrons. The van der Waals surface area contributed by atoms with Crippen LogP contribution < -0.4 is 0 Å². The van der Waals surface area contributed by atoms with Crippen LogP contribution in [0, 0.1) is 11.8 Å². The molecule has 3 nitrogen and oxygen atoms in total. The zero-order chi connectivity index (χ0) is 13.5. The zero-order valence-electron chi connectivity index (χ0n) is 11.3. The highest BCUT2D eigenvalue weighted by Crippen LogP contribution is 2.16. The molecule has 1 aromatic rings. The molecule has 1 aliphatic rings. The maximum absolute atomic E-state index is 11.1. The van der Waals surface area contributed by atoms with Crippen LogP contribution in [0.5, 0.6) is 0 Å². The SMILES string of the molecule is CC(=O)OC(C#CCN1CCCC1)c1ccccc1. The monoisotopic (exact) mass is 257 g/mol. The van der Waals surface area contributed by atoms with Gasteiger partial charge in [-0.2, -0.15) is 0 Å². The molecular formula is C16H19NO2. The first-order chi connectivity index (χ1) is 9.25. The number of hydrogen-bond acceptors (Lipinski definition) is 3. The van der Waals surface area contributed by atoms with Crippen molar-refractivity contribution in [2.45, 2.75) is 25.9 Å². The van der Waals surface area contributed by atoms with Crippen LogP contribution in [0.3, 0.4) is 0 Å². The molecule has 0 amide bonds. The fourth-order valence-corrected chi connectivity index (χ4v) is 2.17. The Morgan fingerprint density at radius 2 is 2.00 bits per heavy atom. The van der Waals surface area contributed by atoms with E-state index in [4.69, 9.17) is 4.74 Å². The third-order valence-electron chi connectivity index (χ3n) is 3.12. The summed E-state index contributed by atoms with van der Waals surface area (Å²) in [5.41, 5.74) is 0.923. The summed E-state index contributed by atoms with van der Waals surface area (Å²) >= 11 is 0. The molecule has 19 heavy (non-hydrogen) atoms. The molecule has 0 spiro atoms. The Hall–Kier alpha value is -1.79. The van der Waals surface area contributed by atoms with Gasteiger partial charge in [-0.25, -0.2) is 0 Å². The second kappa shape index (κ2) is 6.96. The van der Waals surface area contributed by atoms with Crippen molar-refractivity contribution in [2.24, 2.45) is 0 Å². The number of hydrogen-bond donors (Lipinski definition) is 0. The quantitative estimate of drug-likeness (QED) is 0.615. The van der Waals surface area contributed by atoms with Gasteiger partial charge in [0.2, 0.25) is 0 Å². The molecule has 2 rings (SSSR count). The molecule has 3 heteroatoms. The Morgan fingerprint density at radius 3 is 2.63 bits per heavy atom. The Morgan fingerprint density at radius 1 is 1.32 bits per heavy atom. The highest BCUT2D eigenvalue weighted by Gasteiger charge is 2.12. The maximum Gasteiger partial charge on any atom is 0.304 e.